The number of nitrogen functional groups attached to an aromatic ring is 1. The molecule has 0 saturated heterocycles. The number of hydrogen-bond donors (Lipinski definition) is 2. The van der Waals surface area contributed by atoms with Gasteiger partial charge in [-0.3, -0.25) is 13.9 Å². The molecule has 42 heavy (non-hydrogen) atoms. The number of hydrogen-bond acceptors (Lipinski definition) is 10. The van der Waals surface area contributed by atoms with Crippen LogP contribution in [-0.2, 0) is 34.5 Å². The monoisotopic (exact) mass is 616 g/mol. The Bertz CT molecular complexity index is 1450. The minimum atomic E-state index is -4.85. The van der Waals surface area contributed by atoms with Gasteiger partial charge < -0.3 is 24.5 Å². The van der Waals surface area contributed by atoms with Gasteiger partial charge in [0.2, 0.25) is 0 Å². The Kier molecular flexibility index (Phi) is 9.94. The Morgan fingerprint density at radius 1 is 1.21 bits per heavy atom. The molecule has 2 unspecified atom stereocenters. The standard InChI is InChI=1S/C25H29F4N6O6P/c1-15(2)10-38-24(36)18(8-16-6-4-3-5-7-16)34-42(37,40-11-25(27,28)29)14-39-19-9-17(26)23(41-19)35-13-33-20-21(30)31-12-32-22(20)35/h3-7,9,12-13,15,18-19,23H,8,10-11,14H2,1-2H3,(H,34,37)(H2,30,31,32)/t18?,19-,23+,42?/m0/s1. The summed E-state index contributed by atoms with van der Waals surface area (Å²) in [4.78, 5) is 24.8. The van der Waals surface area contributed by atoms with Crippen LogP contribution in [0.5, 0.6) is 0 Å². The Morgan fingerprint density at radius 3 is 2.64 bits per heavy atom. The van der Waals surface area contributed by atoms with Crippen LogP contribution in [0.2, 0.25) is 0 Å². The molecule has 0 radical (unpaired) electrons. The zero-order valence-electron chi connectivity index (χ0n) is 22.5. The molecule has 1 aromatic carbocycles. The van der Waals surface area contributed by atoms with E-state index in [2.05, 4.69) is 20.0 Å². The van der Waals surface area contributed by atoms with E-state index in [0.29, 0.717) is 5.56 Å². The summed E-state index contributed by atoms with van der Waals surface area (Å²) in [6.45, 7) is 1.72. The fourth-order valence-corrected chi connectivity index (χ4v) is 5.44. The fraction of sp³-hybridized carbons (Fsp3) is 0.440. The summed E-state index contributed by atoms with van der Waals surface area (Å²) in [5.41, 5.74) is 6.73. The summed E-state index contributed by atoms with van der Waals surface area (Å²) in [5.74, 6) is -1.66. The number of nitrogens with zero attached hydrogens (tertiary/aromatic N) is 4. The van der Waals surface area contributed by atoms with Crippen molar-refractivity contribution < 1.29 is 45.7 Å². The number of alkyl halides is 3. The highest BCUT2D eigenvalue weighted by Crippen LogP contribution is 2.46. The molecule has 0 fully saturated rings. The maximum atomic E-state index is 14.9. The maximum Gasteiger partial charge on any atom is 0.412 e. The van der Waals surface area contributed by atoms with E-state index in [9.17, 15) is 26.9 Å². The van der Waals surface area contributed by atoms with Crippen LogP contribution in [0.3, 0.4) is 0 Å². The summed E-state index contributed by atoms with van der Waals surface area (Å²) in [6, 6.07) is 7.15. The quantitative estimate of drug-likeness (QED) is 0.161. The van der Waals surface area contributed by atoms with Gasteiger partial charge in [-0.2, -0.15) is 13.2 Å². The SMILES string of the molecule is CC(C)COC(=O)C(Cc1ccccc1)NP(=O)(CO[C@@H]1C=C(F)[C@H](n2cnc3c(N)ncnc32)O1)OCC(F)(F)F. The second-order valence-corrected chi connectivity index (χ2v) is 11.9. The van der Waals surface area contributed by atoms with Gasteiger partial charge in [0.25, 0.3) is 7.52 Å². The first-order chi connectivity index (χ1) is 19.8. The van der Waals surface area contributed by atoms with Crippen LogP contribution in [0.4, 0.5) is 23.4 Å². The molecule has 4 atom stereocenters. The molecule has 3 aromatic rings. The van der Waals surface area contributed by atoms with Crippen LogP contribution in [0.25, 0.3) is 11.2 Å². The topological polar surface area (TPSA) is 153 Å². The van der Waals surface area contributed by atoms with Gasteiger partial charge in [-0.15, -0.1) is 0 Å². The van der Waals surface area contributed by atoms with Gasteiger partial charge in [-0.25, -0.2) is 24.4 Å². The Labute approximate surface area is 237 Å². The molecule has 2 aromatic heterocycles. The first-order valence-corrected chi connectivity index (χ1v) is 14.5. The molecule has 0 bridgehead atoms. The number of aromatic nitrogens is 4. The molecule has 0 amide bonds. The van der Waals surface area contributed by atoms with Crippen molar-refractivity contribution in [3.8, 4) is 0 Å². The fourth-order valence-electron chi connectivity index (χ4n) is 3.85. The number of benzene rings is 1. The predicted molar refractivity (Wildman–Crippen MR) is 141 cm³/mol. The number of ether oxygens (including phenoxy) is 3. The largest absolute Gasteiger partial charge is 0.464 e. The van der Waals surface area contributed by atoms with E-state index in [4.69, 9.17) is 24.5 Å². The summed E-state index contributed by atoms with van der Waals surface area (Å²) in [7, 11) is -4.59. The normalized spacial score (nSPS) is 19.5. The molecule has 3 N–H and O–H groups in total. The molecule has 1 aliphatic rings. The van der Waals surface area contributed by atoms with Crippen molar-refractivity contribution in [1.82, 2.24) is 24.6 Å². The lowest BCUT2D eigenvalue weighted by atomic mass is 10.1. The van der Waals surface area contributed by atoms with Gasteiger partial charge in [0.1, 0.15) is 24.2 Å². The van der Waals surface area contributed by atoms with Gasteiger partial charge in [-0.1, -0.05) is 44.2 Å². The van der Waals surface area contributed by atoms with Crippen LogP contribution >= 0.6 is 7.52 Å². The number of fused-ring (bicyclic) bond motifs is 1. The van der Waals surface area contributed by atoms with E-state index >= 15 is 0 Å². The van der Waals surface area contributed by atoms with Crippen molar-refractivity contribution in [3.05, 3.63) is 60.5 Å². The van der Waals surface area contributed by atoms with E-state index in [1.54, 1.807) is 44.2 Å². The zero-order chi connectivity index (χ0) is 30.5. The minimum absolute atomic E-state index is 0.0247. The van der Waals surface area contributed by atoms with E-state index in [0.717, 1.165) is 12.4 Å². The number of rotatable bonds is 13. The smallest absolute Gasteiger partial charge is 0.412 e. The van der Waals surface area contributed by atoms with Crippen molar-refractivity contribution in [2.75, 3.05) is 25.3 Å². The first-order valence-electron chi connectivity index (χ1n) is 12.7. The second-order valence-electron chi connectivity index (χ2n) is 9.74. The second kappa shape index (κ2) is 13.3. The highest BCUT2D eigenvalue weighted by Gasteiger charge is 2.39. The van der Waals surface area contributed by atoms with E-state index < -0.39 is 57.0 Å². The third-order valence-electron chi connectivity index (χ3n) is 5.76. The predicted octanol–water partition coefficient (Wildman–Crippen LogP) is 4.26. The number of carbonyl (C=O) groups is 1. The molecule has 17 heteroatoms. The molecule has 0 saturated carbocycles. The number of nitrogens with two attached hydrogens (primary N) is 1. The number of imidazole rings is 1. The van der Waals surface area contributed by atoms with Crippen molar-refractivity contribution in [3.63, 3.8) is 0 Å². The summed E-state index contributed by atoms with van der Waals surface area (Å²) >= 11 is 0. The molecular formula is C25H29F4N6O6P. The van der Waals surface area contributed by atoms with E-state index in [-0.39, 0.29) is 35.9 Å². The van der Waals surface area contributed by atoms with Crippen LogP contribution in [-0.4, -0.2) is 63.6 Å². The third kappa shape index (κ3) is 8.32. The van der Waals surface area contributed by atoms with Gasteiger partial charge in [-0.05, 0) is 17.9 Å². The van der Waals surface area contributed by atoms with Crippen LogP contribution in [0, 0.1) is 5.92 Å². The number of nitrogens with one attached hydrogen (secondary N) is 1. The average Bonchev–Trinajstić information content (AvgIpc) is 3.53. The van der Waals surface area contributed by atoms with Crippen molar-refractivity contribution in [2.24, 2.45) is 5.92 Å². The van der Waals surface area contributed by atoms with Crippen molar-refractivity contribution >= 4 is 30.5 Å². The van der Waals surface area contributed by atoms with Gasteiger partial charge in [0.15, 0.2) is 36.4 Å². The van der Waals surface area contributed by atoms with Gasteiger partial charge in [0, 0.05) is 6.08 Å². The summed E-state index contributed by atoms with van der Waals surface area (Å²) < 4.78 is 90.0. The summed E-state index contributed by atoms with van der Waals surface area (Å²) in [5, 5.41) is 2.40. The Hall–Kier alpha value is -3.43. The highest BCUT2D eigenvalue weighted by atomic mass is 31.2. The number of halogens is 4. The Balaban J connectivity index is 1.51. The molecular weight excluding hydrogens is 587 g/mol. The minimum Gasteiger partial charge on any atom is -0.464 e. The van der Waals surface area contributed by atoms with Gasteiger partial charge >= 0.3 is 12.1 Å². The van der Waals surface area contributed by atoms with Gasteiger partial charge in [0.05, 0.1) is 12.9 Å². The number of esters is 1. The van der Waals surface area contributed by atoms with Crippen molar-refractivity contribution in [1.29, 1.82) is 0 Å². The van der Waals surface area contributed by atoms with Crippen molar-refractivity contribution in [2.45, 2.75) is 45.0 Å². The first kappa shape index (κ1) is 31.5. The lowest BCUT2D eigenvalue weighted by molar-refractivity contribution is -0.156. The van der Waals surface area contributed by atoms with E-state index in [1.807, 2.05) is 0 Å². The molecule has 3 heterocycles. The molecule has 228 valence electrons. The van der Waals surface area contributed by atoms with Crippen LogP contribution in [0.1, 0.15) is 25.6 Å². The maximum absolute atomic E-state index is 14.9. The molecule has 1 aliphatic heterocycles. The molecule has 0 spiro atoms. The lowest BCUT2D eigenvalue weighted by Gasteiger charge is -2.26. The lowest BCUT2D eigenvalue weighted by Crippen LogP contribution is -2.40. The molecule has 4 rings (SSSR count). The number of carbonyl (C=O) groups excluding carboxylic acids is 1. The summed E-state index contributed by atoms with van der Waals surface area (Å²) in [6.07, 6.45) is -5.57. The van der Waals surface area contributed by atoms with Crippen LogP contribution in [0.15, 0.2) is 54.9 Å². The molecule has 12 nitrogen and oxygen atoms in total. The third-order valence-corrected chi connectivity index (χ3v) is 7.50. The average molecular weight is 617 g/mol. The number of anilines is 1. The molecule has 0 aliphatic carbocycles. The zero-order valence-corrected chi connectivity index (χ0v) is 23.4. The Morgan fingerprint density at radius 2 is 1.95 bits per heavy atom. The van der Waals surface area contributed by atoms with Crippen LogP contribution < -0.4 is 10.8 Å². The highest BCUT2D eigenvalue weighted by molar-refractivity contribution is 7.56. The van der Waals surface area contributed by atoms with E-state index in [1.165, 1.54) is 10.9 Å².